The van der Waals surface area contributed by atoms with E-state index in [1.165, 1.54) is 56.1 Å². The highest BCUT2D eigenvalue weighted by molar-refractivity contribution is 5.25. The number of hydrogen-bond acceptors (Lipinski definition) is 0. The standard InChI is InChI=1S/C20H29F/c1-2-3-6-17-8-12-19(13-9-17)20-14-10-18(11-15-20)7-4-5-16-21/h5,8-9,12-13,16,18,20H,2-4,6-7,10-11,14-15H2,1H3/t18-,20-. The van der Waals surface area contributed by atoms with Crippen molar-refractivity contribution in [3.63, 3.8) is 0 Å². The van der Waals surface area contributed by atoms with Crippen LogP contribution in [0.5, 0.6) is 0 Å². The highest BCUT2D eigenvalue weighted by Crippen LogP contribution is 2.37. The van der Waals surface area contributed by atoms with E-state index in [-0.39, 0.29) is 0 Å². The number of allylic oxidation sites excluding steroid dienone is 1. The minimum absolute atomic E-state index is 0.686. The van der Waals surface area contributed by atoms with Gasteiger partial charge in [-0.1, -0.05) is 43.7 Å². The molecule has 0 radical (unpaired) electrons. The van der Waals surface area contributed by atoms with Crippen LogP contribution in [0.25, 0.3) is 0 Å². The molecular weight excluding hydrogens is 259 g/mol. The Balaban J connectivity index is 1.79. The predicted octanol–water partition coefficient (Wildman–Crippen LogP) is 6.57. The fourth-order valence-corrected chi connectivity index (χ4v) is 3.52. The maximum atomic E-state index is 12.0. The summed E-state index contributed by atoms with van der Waals surface area (Å²) in [5.41, 5.74) is 3.00. The topological polar surface area (TPSA) is 0 Å². The third-order valence-electron chi connectivity index (χ3n) is 4.95. The Morgan fingerprint density at radius 3 is 2.43 bits per heavy atom. The van der Waals surface area contributed by atoms with Crippen LogP contribution in [0.3, 0.4) is 0 Å². The van der Waals surface area contributed by atoms with Gasteiger partial charge in [0.2, 0.25) is 0 Å². The summed E-state index contributed by atoms with van der Waals surface area (Å²) in [4.78, 5) is 0. The second-order valence-corrected chi connectivity index (χ2v) is 6.50. The first kappa shape index (κ1) is 16.3. The molecule has 0 unspecified atom stereocenters. The number of halogens is 1. The molecule has 0 saturated heterocycles. The highest BCUT2D eigenvalue weighted by Gasteiger charge is 2.21. The van der Waals surface area contributed by atoms with Gasteiger partial charge in [-0.15, -0.1) is 0 Å². The Morgan fingerprint density at radius 2 is 1.81 bits per heavy atom. The third-order valence-corrected chi connectivity index (χ3v) is 4.95. The lowest BCUT2D eigenvalue weighted by molar-refractivity contribution is 0.311. The Labute approximate surface area is 129 Å². The number of rotatable bonds is 7. The van der Waals surface area contributed by atoms with E-state index >= 15 is 0 Å². The second-order valence-electron chi connectivity index (χ2n) is 6.50. The van der Waals surface area contributed by atoms with E-state index in [9.17, 15) is 4.39 Å². The van der Waals surface area contributed by atoms with E-state index in [1.54, 1.807) is 6.08 Å². The van der Waals surface area contributed by atoms with Crippen LogP contribution in [0.4, 0.5) is 4.39 Å². The molecule has 0 nitrogen and oxygen atoms in total. The molecule has 0 spiro atoms. The molecule has 21 heavy (non-hydrogen) atoms. The first-order valence-corrected chi connectivity index (χ1v) is 8.67. The van der Waals surface area contributed by atoms with Crippen LogP contribution in [0.1, 0.15) is 75.3 Å². The molecule has 1 saturated carbocycles. The van der Waals surface area contributed by atoms with Gasteiger partial charge < -0.3 is 0 Å². The van der Waals surface area contributed by atoms with E-state index in [2.05, 4.69) is 31.2 Å². The highest BCUT2D eigenvalue weighted by atomic mass is 19.1. The van der Waals surface area contributed by atoms with E-state index in [1.807, 2.05) is 0 Å². The Bertz CT molecular complexity index is 410. The van der Waals surface area contributed by atoms with Crippen molar-refractivity contribution in [2.45, 2.75) is 70.6 Å². The summed E-state index contributed by atoms with van der Waals surface area (Å²) in [5.74, 6) is 1.56. The first-order chi connectivity index (χ1) is 10.3. The minimum Gasteiger partial charge on any atom is -0.216 e. The van der Waals surface area contributed by atoms with Gasteiger partial charge in [-0.05, 0) is 74.3 Å². The zero-order valence-corrected chi connectivity index (χ0v) is 13.4. The minimum atomic E-state index is 0.686. The quantitative estimate of drug-likeness (QED) is 0.532. The van der Waals surface area contributed by atoms with Crippen molar-refractivity contribution in [1.82, 2.24) is 0 Å². The monoisotopic (exact) mass is 288 g/mol. The molecule has 0 aromatic heterocycles. The molecule has 0 aliphatic heterocycles. The van der Waals surface area contributed by atoms with Gasteiger partial charge in [0, 0.05) is 0 Å². The molecule has 1 aliphatic rings. The van der Waals surface area contributed by atoms with Gasteiger partial charge >= 0.3 is 0 Å². The van der Waals surface area contributed by atoms with Crippen molar-refractivity contribution >= 4 is 0 Å². The molecular formula is C20H29F. The van der Waals surface area contributed by atoms with Crippen molar-refractivity contribution in [3.05, 3.63) is 47.8 Å². The summed E-state index contributed by atoms with van der Waals surface area (Å²) in [6.45, 7) is 2.25. The van der Waals surface area contributed by atoms with Crippen LogP contribution < -0.4 is 0 Å². The Morgan fingerprint density at radius 1 is 1.10 bits per heavy atom. The molecule has 0 N–H and O–H groups in total. The van der Waals surface area contributed by atoms with Gasteiger partial charge in [0.1, 0.15) is 0 Å². The van der Waals surface area contributed by atoms with Crippen molar-refractivity contribution in [2.24, 2.45) is 5.92 Å². The molecule has 1 aromatic rings. The SMILES string of the molecule is CCCCc1ccc([C@H]2CC[C@H](CCC=CF)CC2)cc1. The number of hydrogen-bond donors (Lipinski definition) is 0. The zero-order valence-electron chi connectivity index (χ0n) is 13.4. The predicted molar refractivity (Wildman–Crippen MR) is 89.2 cm³/mol. The molecule has 1 aliphatic carbocycles. The van der Waals surface area contributed by atoms with Crippen LogP contribution in [-0.4, -0.2) is 0 Å². The normalized spacial score (nSPS) is 22.8. The van der Waals surface area contributed by atoms with Crippen molar-refractivity contribution in [1.29, 1.82) is 0 Å². The molecule has 0 bridgehead atoms. The largest absolute Gasteiger partial charge is 0.216 e. The van der Waals surface area contributed by atoms with Crippen molar-refractivity contribution in [3.8, 4) is 0 Å². The smallest absolute Gasteiger partial charge is 0.0827 e. The zero-order chi connectivity index (χ0) is 14.9. The van der Waals surface area contributed by atoms with Gasteiger partial charge in [0.25, 0.3) is 0 Å². The summed E-state index contributed by atoms with van der Waals surface area (Å²) in [7, 11) is 0. The number of unbranched alkanes of at least 4 members (excludes halogenated alkanes) is 1. The van der Waals surface area contributed by atoms with Crippen molar-refractivity contribution in [2.75, 3.05) is 0 Å². The Hall–Kier alpha value is -1.11. The van der Waals surface area contributed by atoms with Gasteiger partial charge in [-0.3, -0.25) is 0 Å². The van der Waals surface area contributed by atoms with Gasteiger partial charge in [-0.2, -0.15) is 0 Å². The lowest BCUT2D eigenvalue weighted by atomic mass is 9.77. The van der Waals surface area contributed by atoms with Gasteiger partial charge in [0.05, 0.1) is 6.33 Å². The fourth-order valence-electron chi connectivity index (χ4n) is 3.52. The summed E-state index contributed by atoms with van der Waals surface area (Å²) in [5, 5.41) is 0. The van der Waals surface area contributed by atoms with Crippen LogP contribution >= 0.6 is 0 Å². The molecule has 0 atom stereocenters. The van der Waals surface area contributed by atoms with E-state index in [0.717, 1.165) is 24.7 Å². The Kier molecular flexibility index (Phi) is 6.99. The molecule has 0 heterocycles. The maximum Gasteiger partial charge on any atom is 0.0827 e. The average Bonchev–Trinajstić information content (AvgIpc) is 2.54. The van der Waals surface area contributed by atoms with Crippen LogP contribution in [0.15, 0.2) is 36.7 Å². The summed E-state index contributed by atoms with van der Waals surface area (Å²) < 4.78 is 12.0. The maximum absolute atomic E-state index is 12.0. The van der Waals surface area contributed by atoms with Crippen LogP contribution in [0, 0.1) is 5.92 Å². The summed E-state index contributed by atoms with van der Waals surface area (Å²) in [6.07, 6.45) is 13.4. The molecule has 0 amide bonds. The average molecular weight is 288 g/mol. The third kappa shape index (κ3) is 5.30. The first-order valence-electron chi connectivity index (χ1n) is 8.67. The molecule has 1 aromatic carbocycles. The van der Waals surface area contributed by atoms with E-state index in [4.69, 9.17) is 0 Å². The molecule has 1 heteroatoms. The molecule has 116 valence electrons. The molecule has 2 rings (SSSR count). The number of aryl methyl sites for hydroxylation is 1. The van der Waals surface area contributed by atoms with E-state index in [0.29, 0.717) is 6.33 Å². The summed E-state index contributed by atoms with van der Waals surface area (Å²) >= 11 is 0. The van der Waals surface area contributed by atoms with Gasteiger partial charge in [0.15, 0.2) is 0 Å². The van der Waals surface area contributed by atoms with Crippen LogP contribution in [0.2, 0.25) is 0 Å². The lowest BCUT2D eigenvalue weighted by Crippen LogP contribution is -2.13. The number of benzene rings is 1. The van der Waals surface area contributed by atoms with Crippen molar-refractivity contribution < 1.29 is 4.39 Å². The molecule has 1 fully saturated rings. The lowest BCUT2D eigenvalue weighted by Gasteiger charge is -2.28. The van der Waals surface area contributed by atoms with E-state index < -0.39 is 0 Å². The summed E-state index contributed by atoms with van der Waals surface area (Å²) in [6, 6.07) is 9.34. The fraction of sp³-hybridized carbons (Fsp3) is 0.600. The van der Waals surface area contributed by atoms with Crippen LogP contribution in [-0.2, 0) is 6.42 Å². The van der Waals surface area contributed by atoms with Gasteiger partial charge in [-0.25, -0.2) is 4.39 Å². The second kappa shape index (κ2) is 9.02.